The number of rotatable bonds is 5. The van der Waals surface area contributed by atoms with Gasteiger partial charge in [-0.15, -0.1) is 0 Å². The normalized spacial score (nSPS) is 16.7. The first-order chi connectivity index (χ1) is 15.4. The van der Waals surface area contributed by atoms with Crippen molar-refractivity contribution in [3.8, 4) is 5.75 Å². The summed E-state index contributed by atoms with van der Waals surface area (Å²) in [6.07, 6.45) is 1.63. The van der Waals surface area contributed by atoms with Crippen molar-refractivity contribution in [2.75, 3.05) is 12.8 Å². The van der Waals surface area contributed by atoms with Gasteiger partial charge in [0.25, 0.3) is 15.9 Å². The topological polar surface area (TPSA) is 102 Å². The molecule has 1 aliphatic heterocycles. The highest BCUT2D eigenvalue weighted by Crippen LogP contribution is 2.38. The molecule has 9 heteroatoms. The van der Waals surface area contributed by atoms with E-state index in [4.69, 9.17) is 10.5 Å². The fourth-order valence-corrected chi connectivity index (χ4v) is 5.56. The lowest BCUT2D eigenvalue weighted by molar-refractivity contribution is -0.119. The molecule has 0 radical (unpaired) electrons. The number of carbonyl (C=O) groups excluding carboxylic acids is 1. The maximum atomic E-state index is 13.4. The maximum absolute atomic E-state index is 13.4. The first-order valence-corrected chi connectivity index (χ1v) is 11.8. The van der Waals surface area contributed by atoms with Crippen molar-refractivity contribution in [1.82, 2.24) is 4.31 Å². The highest BCUT2D eigenvalue weighted by molar-refractivity contribution is 8.20. The Morgan fingerprint density at radius 3 is 2.25 bits per heavy atom. The van der Waals surface area contributed by atoms with E-state index in [9.17, 15) is 13.2 Å². The van der Waals surface area contributed by atoms with Gasteiger partial charge in [-0.3, -0.25) is 4.79 Å². The number of nitrogens with two attached hydrogens (primary N) is 1. The van der Waals surface area contributed by atoms with Crippen LogP contribution in [0, 0.1) is 0 Å². The number of sulfonamides is 1. The van der Waals surface area contributed by atoms with Gasteiger partial charge in [0.15, 0.2) is 5.17 Å². The number of amidine groups is 1. The molecule has 7 nitrogen and oxygen atoms in total. The lowest BCUT2D eigenvalue weighted by Crippen LogP contribution is -2.35. The summed E-state index contributed by atoms with van der Waals surface area (Å²) in [5, 5.41) is 0.0535. The van der Waals surface area contributed by atoms with Gasteiger partial charge >= 0.3 is 0 Å². The first-order valence-electron chi connectivity index (χ1n) is 9.51. The van der Waals surface area contributed by atoms with E-state index < -0.39 is 15.9 Å². The summed E-state index contributed by atoms with van der Waals surface area (Å²) in [5.41, 5.74) is 7.37. The summed E-state index contributed by atoms with van der Waals surface area (Å²) in [5.74, 6) is 0.00811. The van der Waals surface area contributed by atoms with Crippen LogP contribution in [-0.4, -0.2) is 30.9 Å². The Labute approximate surface area is 190 Å². The van der Waals surface area contributed by atoms with Crippen molar-refractivity contribution < 1.29 is 17.9 Å². The zero-order valence-electron chi connectivity index (χ0n) is 17.0. The molecule has 4 rings (SSSR count). The molecule has 1 fully saturated rings. The van der Waals surface area contributed by atoms with Crippen molar-refractivity contribution in [3.05, 3.63) is 89.3 Å². The predicted molar refractivity (Wildman–Crippen MR) is 127 cm³/mol. The van der Waals surface area contributed by atoms with Crippen LogP contribution in [0.3, 0.4) is 0 Å². The number of para-hydroxylation sites is 1. The Morgan fingerprint density at radius 2 is 1.62 bits per heavy atom. The Bertz CT molecular complexity index is 1300. The minimum atomic E-state index is -4.19. The molecule has 2 N–H and O–H groups in total. The standard InChI is InChI=1S/C23H19N3O4S2/c1-30-19-11-7-16(8-12-19)15-21-22(27)26(23(31-21)25-18-5-3-2-4-6-18)32(28,29)20-13-9-17(24)10-14-20/h2-15H,24H2,1H3/b21-15+,25-23?. The minimum Gasteiger partial charge on any atom is -0.497 e. The summed E-state index contributed by atoms with van der Waals surface area (Å²) in [6, 6.07) is 21.6. The first kappa shape index (κ1) is 21.7. The number of aliphatic imine (C=N–C) groups is 1. The van der Waals surface area contributed by atoms with Crippen LogP contribution in [-0.2, 0) is 14.8 Å². The third-order valence-electron chi connectivity index (χ3n) is 4.58. The SMILES string of the molecule is COc1ccc(/C=C2/SC(=Nc3ccccc3)N(S(=O)(=O)c3ccc(N)cc3)C2=O)cc1. The molecule has 0 unspecified atom stereocenters. The van der Waals surface area contributed by atoms with Crippen molar-refractivity contribution >= 4 is 50.3 Å². The number of hydrogen-bond acceptors (Lipinski definition) is 7. The lowest BCUT2D eigenvalue weighted by Gasteiger charge is -2.16. The Morgan fingerprint density at radius 1 is 0.969 bits per heavy atom. The van der Waals surface area contributed by atoms with Gasteiger partial charge in [0.2, 0.25) is 0 Å². The summed E-state index contributed by atoms with van der Waals surface area (Å²) in [7, 11) is -2.63. The lowest BCUT2D eigenvalue weighted by atomic mass is 10.2. The van der Waals surface area contributed by atoms with Gasteiger partial charge in [-0.05, 0) is 71.9 Å². The van der Waals surface area contributed by atoms with Gasteiger partial charge in [0.05, 0.1) is 22.6 Å². The van der Waals surface area contributed by atoms with E-state index >= 15 is 0 Å². The Balaban J connectivity index is 1.79. The van der Waals surface area contributed by atoms with E-state index in [-0.39, 0.29) is 15.0 Å². The number of anilines is 1. The van der Waals surface area contributed by atoms with Gasteiger partial charge < -0.3 is 10.5 Å². The van der Waals surface area contributed by atoms with Gasteiger partial charge in [-0.25, -0.2) is 13.4 Å². The van der Waals surface area contributed by atoms with Gasteiger partial charge in [0, 0.05) is 5.69 Å². The molecule has 0 spiro atoms. The number of benzene rings is 3. The summed E-state index contributed by atoms with van der Waals surface area (Å²) >= 11 is 1.00. The van der Waals surface area contributed by atoms with Crippen LogP contribution < -0.4 is 10.5 Å². The van der Waals surface area contributed by atoms with Crippen molar-refractivity contribution in [1.29, 1.82) is 0 Å². The molecule has 1 aliphatic rings. The third-order valence-corrected chi connectivity index (χ3v) is 7.35. The highest BCUT2D eigenvalue weighted by atomic mass is 32.2. The number of hydrogen-bond donors (Lipinski definition) is 1. The fourth-order valence-electron chi connectivity index (χ4n) is 2.95. The molecular weight excluding hydrogens is 446 g/mol. The molecule has 0 aliphatic carbocycles. The second-order valence-corrected chi connectivity index (χ2v) is 9.55. The van der Waals surface area contributed by atoms with Crippen LogP contribution in [0.2, 0.25) is 0 Å². The molecule has 0 saturated carbocycles. The second kappa shape index (κ2) is 8.89. The largest absolute Gasteiger partial charge is 0.497 e. The molecule has 0 aromatic heterocycles. The highest BCUT2D eigenvalue weighted by Gasteiger charge is 2.42. The summed E-state index contributed by atoms with van der Waals surface area (Å²) in [4.78, 5) is 17.9. The number of amides is 1. The number of nitrogen functional groups attached to an aromatic ring is 1. The average Bonchev–Trinajstić information content (AvgIpc) is 3.10. The molecule has 1 amide bonds. The van der Waals surface area contributed by atoms with Gasteiger partial charge in [-0.2, -0.15) is 4.31 Å². The van der Waals surface area contributed by atoms with Crippen LogP contribution in [0.15, 0.2) is 93.7 Å². The zero-order valence-corrected chi connectivity index (χ0v) is 18.6. The predicted octanol–water partition coefficient (Wildman–Crippen LogP) is 4.27. The molecule has 1 heterocycles. The fraction of sp³-hybridized carbons (Fsp3) is 0.0435. The Kier molecular flexibility index (Phi) is 6.02. The van der Waals surface area contributed by atoms with Crippen molar-refractivity contribution in [3.63, 3.8) is 0 Å². The van der Waals surface area contributed by atoms with Crippen LogP contribution in [0.4, 0.5) is 11.4 Å². The molecule has 3 aromatic carbocycles. The number of methoxy groups -OCH3 is 1. The molecule has 0 atom stereocenters. The second-order valence-electron chi connectivity index (χ2n) is 6.76. The summed E-state index contributed by atoms with van der Waals surface area (Å²) in [6.45, 7) is 0. The number of nitrogens with zero attached hydrogens (tertiary/aromatic N) is 2. The number of thioether (sulfide) groups is 1. The van der Waals surface area contributed by atoms with E-state index in [0.717, 1.165) is 21.6 Å². The van der Waals surface area contributed by atoms with Gasteiger partial charge in [-0.1, -0.05) is 30.3 Å². The monoisotopic (exact) mass is 465 g/mol. The van der Waals surface area contributed by atoms with E-state index in [0.29, 0.717) is 17.1 Å². The molecule has 32 heavy (non-hydrogen) atoms. The molecule has 162 valence electrons. The minimum absolute atomic E-state index is 0.0490. The molecule has 1 saturated heterocycles. The smallest absolute Gasteiger partial charge is 0.280 e. The van der Waals surface area contributed by atoms with Crippen LogP contribution in [0.25, 0.3) is 6.08 Å². The average molecular weight is 466 g/mol. The third kappa shape index (κ3) is 4.39. The van der Waals surface area contributed by atoms with E-state index in [1.165, 1.54) is 24.3 Å². The molecule has 3 aromatic rings. The van der Waals surface area contributed by atoms with Crippen molar-refractivity contribution in [2.45, 2.75) is 4.90 Å². The quantitative estimate of drug-likeness (QED) is 0.446. The number of carbonyl (C=O) groups is 1. The number of ether oxygens (including phenoxy) is 1. The van der Waals surface area contributed by atoms with E-state index in [1.54, 1.807) is 61.7 Å². The molecule has 0 bridgehead atoms. The van der Waals surface area contributed by atoms with Crippen LogP contribution in [0.1, 0.15) is 5.56 Å². The van der Waals surface area contributed by atoms with Crippen LogP contribution in [0.5, 0.6) is 5.75 Å². The Hall–Kier alpha value is -3.56. The van der Waals surface area contributed by atoms with Gasteiger partial charge in [0.1, 0.15) is 5.75 Å². The van der Waals surface area contributed by atoms with E-state index in [2.05, 4.69) is 4.99 Å². The maximum Gasteiger partial charge on any atom is 0.280 e. The molecular formula is C23H19N3O4S2. The van der Waals surface area contributed by atoms with Crippen LogP contribution >= 0.6 is 11.8 Å². The van der Waals surface area contributed by atoms with E-state index in [1.807, 2.05) is 6.07 Å². The zero-order chi connectivity index (χ0) is 22.7. The van der Waals surface area contributed by atoms with Crippen molar-refractivity contribution in [2.24, 2.45) is 4.99 Å². The summed E-state index contributed by atoms with van der Waals surface area (Å²) < 4.78 is 32.6.